The van der Waals surface area contributed by atoms with Crippen LogP contribution in [0.4, 0.5) is 0 Å². The lowest BCUT2D eigenvalue weighted by atomic mass is 10.1. The standard InChI is InChI=1S/C25H25N3O2/c1-3-30-23-16-10-7-13-20(23)17-26-25(29)18(2)28-22-15-9-8-14-21(22)24(27-28)19-11-5-4-6-12-19/h4-16,18H,3,17H2,1-2H3,(H,26,29)/t18-/m0/s1. The molecule has 30 heavy (non-hydrogen) atoms. The molecule has 0 bridgehead atoms. The highest BCUT2D eigenvalue weighted by atomic mass is 16.5. The van der Waals surface area contributed by atoms with Crippen LogP contribution in [0, 0.1) is 0 Å². The molecular formula is C25H25N3O2. The van der Waals surface area contributed by atoms with E-state index in [9.17, 15) is 4.79 Å². The highest BCUT2D eigenvalue weighted by Gasteiger charge is 2.21. The molecule has 0 unspecified atom stereocenters. The van der Waals surface area contributed by atoms with Crippen molar-refractivity contribution in [3.05, 3.63) is 84.4 Å². The number of para-hydroxylation sites is 2. The zero-order valence-corrected chi connectivity index (χ0v) is 17.2. The van der Waals surface area contributed by atoms with Crippen LogP contribution in [0.25, 0.3) is 22.2 Å². The molecule has 0 aliphatic heterocycles. The molecule has 0 fully saturated rings. The first kappa shape index (κ1) is 19.7. The van der Waals surface area contributed by atoms with Gasteiger partial charge in [0.15, 0.2) is 0 Å². The van der Waals surface area contributed by atoms with Crippen LogP contribution in [0.5, 0.6) is 5.75 Å². The maximum Gasteiger partial charge on any atom is 0.244 e. The van der Waals surface area contributed by atoms with E-state index in [1.165, 1.54) is 0 Å². The molecule has 5 nitrogen and oxygen atoms in total. The second-order valence-electron chi connectivity index (χ2n) is 7.11. The van der Waals surface area contributed by atoms with E-state index in [0.29, 0.717) is 13.2 Å². The summed E-state index contributed by atoms with van der Waals surface area (Å²) < 4.78 is 7.46. The van der Waals surface area contributed by atoms with Gasteiger partial charge in [-0.2, -0.15) is 5.10 Å². The number of carbonyl (C=O) groups is 1. The fourth-order valence-corrected chi connectivity index (χ4v) is 3.58. The Balaban J connectivity index is 1.59. The summed E-state index contributed by atoms with van der Waals surface area (Å²) >= 11 is 0. The van der Waals surface area contributed by atoms with Gasteiger partial charge in [0.05, 0.1) is 12.1 Å². The number of rotatable bonds is 7. The molecule has 0 saturated carbocycles. The van der Waals surface area contributed by atoms with Gasteiger partial charge in [0, 0.05) is 23.1 Å². The average Bonchev–Trinajstić information content (AvgIpc) is 3.18. The van der Waals surface area contributed by atoms with Gasteiger partial charge in [-0.05, 0) is 26.0 Å². The molecule has 1 atom stereocenters. The minimum absolute atomic E-state index is 0.0887. The Kier molecular flexibility index (Phi) is 5.80. The van der Waals surface area contributed by atoms with Crippen molar-refractivity contribution in [2.45, 2.75) is 26.4 Å². The monoisotopic (exact) mass is 399 g/mol. The lowest BCUT2D eigenvalue weighted by Crippen LogP contribution is -2.31. The van der Waals surface area contributed by atoms with Crippen molar-refractivity contribution in [1.29, 1.82) is 0 Å². The van der Waals surface area contributed by atoms with E-state index < -0.39 is 6.04 Å². The molecule has 1 heterocycles. The number of fused-ring (bicyclic) bond motifs is 1. The van der Waals surface area contributed by atoms with Crippen LogP contribution in [-0.4, -0.2) is 22.3 Å². The first-order chi connectivity index (χ1) is 14.7. The number of nitrogens with one attached hydrogen (secondary N) is 1. The van der Waals surface area contributed by atoms with Crippen LogP contribution >= 0.6 is 0 Å². The smallest absolute Gasteiger partial charge is 0.244 e. The maximum absolute atomic E-state index is 13.0. The normalized spacial score (nSPS) is 11.9. The van der Waals surface area contributed by atoms with Gasteiger partial charge >= 0.3 is 0 Å². The third-order valence-corrected chi connectivity index (χ3v) is 5.13. The molecule has 1 aromatic heterocycles. The Morgan fingerprint density at radius 1 is 1.00 bits per heavy atom. The first-order valence-corrected chi connectivity index (χ1v) is 10.2. The van der Waals surface area contributed by atoms with Gasteiger partial charge < -0.3 is 10.1 Å². The lowest BCUT2D eigenvalue weighted by molar-refractivity contribution is -0.124. The Labute approximate surface area is 176 Å². The first-order valence-electron chi connectivity index (χ1n) is 10.2. The zero-order valence-electron chi connectivity index (χ0n) is 17.2. The molecule has 1 N–H and O–H groups in total. The number of nitrogens with zero attached hydrogens (tertiary/aromatic N) is 2. The Hall–Kier alpha value is -3.60. The summed E-state index contributed by atoms with van der Waals surface area (Å²) in [4.78, 5) is 13.0. The van der Waals surface area contributed by atoms with Gasteiger partial charge in [0.1, 0.15) is 17.5 Å². The van der Waals surface area contributed by atoms with Gasteiger partial charge in [0.2, 0.25) is 5.91 Å². The summed E-state index contributed by atoms with van der Waals surface area (Å²) in [6.07, 6.45) is 0. The van der Waals surface area contributed by atoms with Crippen LogP contribution in [0.3, 0.4) is 0 Å². The number of aromatic nitrogens is 2. The zero-order chi connectivity index (χ0) is 20.9. The van der Waals surface area contributed by atoms with Crippen LogP contribution < -0.4 is 10.1 Å². The topological polar surface area (TPSA) is 56.1 Å². The second-order valence-corrected chi connectivity index (χ2v) is 7.11. The summed E-state index contributed by atoms with van der Waals surface area (Å²) in [6, 6.07) is 25.4. The number of hydrogen-bond acceptors (Lipinski definition) is 3. The van der Waals surface area contributed by atoms with E-state index in [1.807, 2.05) is 92.7 Å². The van der Waals surface area contributed by atoms with Crippen molar-refractivity contribution in [1.82, 2.24) is 15.1 Å². The number of carbonyl (C=O) groups excluding carboxylic acids is 1. The summed E-state index contributed by atoms with van der Waals surface area (Å²) in [5, 5.41) is 8.88. The summed E-state index contributed by atoms with van der Waals surface area (Å²) in [5.41, 5.74) is 3.81. The molecule has 4 aromatic rings. The predicted molar refractivity (Wildman–Crippen MR) is 119 cm³/mol. The number of benzene rings is 3. The van der Waals surface area contributed by atoms with Gasteiger partial charge in [-0.15, -0.1) is 0 Å². The van der Waals surface area contributed by atoms with E-state index in [2.05, 4.69) is 5.32 Å². The average molecular weight is 399 g/mol. The van der Waals surface area contributed by atoms with E-state index >= 15 is 0 Å². The Morgan fingerprint density at radius 2 is 1.70 bits per heavy atom. The van der Waals surface area contributed by atoms with E-state index in [-0.39, 0.29) is 5.91 Å². The molecule has 0 radical (unpaired) electrons. The minimum atomic E-state index is -0.452. The molecule has 4 rings (SSSR count). The van der Waals surface area contributed by atoms with E-state index in [0.717, 1.165) is 33.5 Å². The quantitative estimate of drug-likeness (QED) is 0.477. The lowest BCUT2D eigenvalue weighted by Gasteiger charge is -2.15. The number of amides is 1. The van der Waals surface area contributed by atoms with Crippen molar-refractivity contribution < 1.29 is 9.53 Å². The SMILES string of the molecule is CCOc1ccccc1CNC(=O)[C@H](C)n1nc(-c2ccccc2)c2ccccc21. The van der Waals surface area contributed by atoms with Crippen molar-refractivity contribution in [2.24, 2.45) is 0 Å². The fraction of sp³-hybridized carbons (Fsp3) is 0.200. The molecule has 3 aromatic carbocycles. The van der Waals surface area contributed by atoms with Gasteiger partial charge in [0.25, 0.3) is 0 Å². The molecule has 0 aliphatic rings. The molecule has 5 heteroatoms. The third kappa shape index (κ3) is 3.92. The van der Waals surface area contributed by atoms with Crippen LogP contribution in [0.1, 0.15) is 25.5 Å². The number of hydrogen-bond donors (Lipinski definition) is 1. The van der Waals surface area contributed by atoms with E-state index in [4.69, 9.17) is 9.84 Å². The highest BCUT2D eigenvalue weighted by Crippen LogP contribution is 2.29. The Morgan fingerprint density at radius 3 is 2.50 bits per heavy atom. The fourth-order valence-electron chi connectivity index (χ4n) is 3.58. The highest BCUT2D eigenvalue weighted by molar-refractivity contribution is 5.94. The molecular weight excluding hydrogens is 374 g/mol. The van der Waals surface area contributed by atoms with Crippen LogP contribution in [0.15, 0.2) is 78.9 Å². The van der Waals surface area contributed by atoms with Crippen molar-refractivity contribution in [2.75, 3.05) is 6.61 Å². The summed E-state index contributed by atoms with van der Waals surface area (Å²) in [5.74, 6) is 0.707. The van der Waals surface area contributed by atoms with Gasteiger partial charge in [-0.3, -0.25) is 9.48 Å². The maximum atomic E-state index is 13.0. The van der Waals surface area contributed by atoms with Crippen LogP contribution in [0.2, 0.25) is 0 Å². The minimum Gasteiger partial charge on any atom is -0.494 e. The van der Waals surface area contributed by atoms with Gasteiger partial charge in [-0.25, -0.2) is 0 Å². The van der Waals surface area contributed by atoms with Crippen molar-refractivity contribution in [3.63, 3.8) is 0 Å². The third-order valence-electron chi connectivity index (χ3n) is 5.13. The molecule has 0 aliphatic carbocycles. The molecule has 152 valence electrons. The largest absolute Gasteiger partial charge is 0.494 e. The van der Waals surface area contributed by atoms with Gasteiger partial charge in [-0.1, -0.05) is 66.7 Å². The van der Waals surface area contributed by atoms with E-state index in [1.54, 1.807) is 4.68 Å². The predicted octanol–water partition coefficient (Wildman–Crippen LogP) is 4.98. The molecule has 1 amide bonds. The Bertz CT molecular complexity index is 1150. The van der Waals surface area contributed by atoms with Crippen LogP contribution in [-0.2, 0) is 11.3 Å². The molecule has 0 saturated heterocycles. The summed E-state index contributed by atoms with van der Waals surface area (Å²) in [7, 11) is 0. The second kappa shape index (κ2) is 8.82. The van der Waals surface area contributed by atoms with Crippen molar-refractivity contribution in [3.8, 4) is 17.0 Å². The number of ether oxygens (including phenoxy) is 1. The molecule has 0 spiro atoms. The van der Waals surface area contributed by atoms with Crippen molar-refractivity contribution >= 4 is 16.8 Å². The summed E-state index contributed by atoms with van der Waals surface area (Å²) in [6.45, 7) is 4.82.